The highest BCUT2D eigenvalue weighted by Gasteiger charge is 2.07. The van der Waals surface area contributed by atoms with Crippen molar-refractivity contribution in [1.29, 1.82) is 0 Å². The molecular weight excluding hydrogens is 252 g/mol. The van der Waals surface area contributed by atoms with Crippen LogP contribution in [0, 0.1) is 6.92 Å². The zero-order chi connectivity index (χ0) is 15.1. The maximum Gasteiger partial charge on any atom is 0.333 e. The lowest BCUT2D eigenvalue weighted by atomic mass is 10.0. The quantitative estimate of drug-likeness (QED) is 0.582. The molecule has 0 bridgehead atoms. The summed E-state index contributed by atoms with van der Waals surface area (Å²) in [5.41, 5.74) is 2.99. The second kappa shape index (κ2) is 7.73. The minimum Gasteiger partial charge on any atom is -0.489 e. The SMILES string of the molecule is CCC(=CCOc1cc(C(C)C)ccc1C)C(=O)OC. The summed E-state index contributed by atoms with van der Waals surface area (Å²) in [7, 11) is 1.39. The van der Waals surface area contributed by atoms with Gasteiger partial charge in [-0.15, -0.1) is 0 Å². The molecule has 0 fully saturated rings. The van der Waals surface area contributed by atoms with Crippen molar-refractivity contribution in [3.63, 3.8) is 0 Å². The highest BCUT2D eigenvalue weighted by molar-refractivity contribution is 5.88. The fourth-order valence-corrected chi connectivity index (χ4v) is 1.87. The van der Waals surface area contributed by atoms with E-state index in [-0.39, 0.29) is 5.97 Å². The Balaban J connectivity index is 2.77. The van der Waals surface area contributed by atoms with Crippen LogP contribution in [0.3, 0.4) is 0 Å². The van der Waals surface area contributed by atoms with Gasteiger partial charge in [0, 0.05) is 5.57 Å². The van der Waals surface area contributed by atoms with Crippen molar-refractivity contribution in [3.05, 3.63) is 41.0 Å². The molecule has 0 saturated heterocycles. The minimum absolute atomic E-state index is 0.288. The lowest BCUT2D eigenvalue weighted by Crippen LogP contribution is -2.06. The Bertz CT molecular complexity index is 487. The summed E-state index contributed by atoms with van der Waals surface area (Å²) < 4.78 is 10.5. The number of aryl methyl sites for hydroxylation is 1. The van der Waals surface area contributed by atoms with E-state index in [4.69, 9.17) is 9.47 Å². The van der Waals surface area contributed by atoms with Crippen LogP contribution in [-0.4, -0.2) is 19.7 Å². The summed E-state index contributed by atoms with van der Waals surface area (Å²) >= 11 is 0. The van der Waals surface area contributed by atoms with Crippen molar-refractivity contribution in [2.75, 3.05) is 13.7 Å². The molecule has 1 aromatic rings. The molecule has 0 heterocycles. The van der Waals surface area contributed by atoms with Crippen molar-refractivity contribution in [2.45, 2.75) is 40.0 Å². The number of hydrogen-bond donors (Lipinski definition) is 0. The molecule has 0 aromatic heterocycles. The number of carbonyl (C=O) groups is 1. The van der Waals surface area contributed by atoms with Gasteiger partial charge in [-0.3, -0.25) is 0 Å². The number of methoxy groups -OCH3 is 1. The predicted octanol–water partition coefficient (Wildman–Crippen LogP) is 4.01. The average molecular weight is 276 g/mol. The van der Waals surface area contributed by atoms with E-state index >= 15 is 0 Å². The van der Waals surface area contributed by atoms with E-state index in [1.165, 1.54) is 12.7 Å². The molecule has 0 aliphatic heterocycles. The molecule has 0 unspecified atom stereocenters. The number of esters is 1. The lowest BCUT2D eigenvalue weighted by Gasteiger charge is -2.12. The highest BCUT2D eigenvalue weighted by Crippen LogP contribution is 2.24. The second-order valence-electron chi connectivity index (χ2n) is 5.07. The van der Waals surface area contributed by atoms with E-state index in [0.29, 0.717) is 24.5 Å². The number of hydrogen-bond acceptors (Lipinski definition) is 3. The average Bonchev–Trinajstić information content (AvgIpc) is 2.44. The van der Waals surface area contributed by atoms with Crippen LogP contribution in [-0.2, 0) is 9.53 Å². The monoisotopic (exact) mass is 276 g/mol. The van der Waals surface area contributed by atoms with Gasteiger partial charge in [0.15, 0.2) is 0 Å². The van der Waals surface area contributed by atoms with Crippen molar-refractivity contribution in [1.82, 2.24) is 0 Å². The van der Waals surface area contributed by atoms with Gasteiger partial charge < -0.3 is 9.47 Å². The summed E-state index contributed by atoms with van der Waals surface area (Å²) in [6.45, 7) is 8.62. The van der Waals surface area contributed by atoms with Gasteiger partial charge in [-0.25, -0.2) is 4.79 Å². The summed E-state index contributed by atoms with van der Waals surface area (Å²) in [4.78, 5) is 11.4. The van der Waals surface area contributed by atoms with Gasteiger partial charge >= 0.3 is 5.97 Å². The van der Waals surface area contributed by atoms with Gasteiger partial charge in [0.1, 0.15) is 12.4 Å². The van der Waals surface area contributed by atoms with Crippen LogP contribution in [0.5, 0.6) is 5.75 Å². The lowest BCUT2D eigenvalue weighted by molar-refractivity contribution is -0.136. The first kappa shape index (κ1) is 16.3. The molecule has 110 valence electrons. The first-order valence-corrected chi connectivity index (χ1v) is 7.00. The minimum atomic E-state index is -0.288. The van der Waals surface area contributed by atoms with Crippen molar-refractivity contribution >= 4 is 5.97 Å². The normalized spacial score (nSPS) is 11.6. The van der Waals surface area contributed by atoms with E-state index < -0.39 is 0 Å². The summed E-state index contributed by atoms with van der Waals surface area (Å²) in [5, 5.41) is 0. The number of carbonyl (C=O) groups excluding carboxylic acids is 1. The molecule has 0 spiro atoms. The zero-order valence-corrected chi connectivity index (χ0v) is 13.0. The Labute approximate surface area is 121 Å². The molecular formula is C17H24O3. The van der Waals surface area contributed by atoms with Crippen LogP contribution in [0.15, 0.2) is 29.8 Å². The zero-order valence-electron chi connectivity index (χ0n) is 13.0. The van der Waals surface area contributed by atoms with Gasteiger partial charge in [0.05, 0.1) is 7.11 Å². The number of ether oxygens (including phenoxy) is 2. The van der Waals surface area contributed by atoms with Crippen LogP contribution >= 0.6 is 0 Å². The molecule has 0 radical (unpaired) electrons. The molecule has 0 N–H and O–H groups in total. The fourth-order valence-electron chi connectivity index (χ4n) is 1.87. The fraction of sp³-hybridized carbons (Fsp3) is 0.471. The van der Waals surface area contributed by atoms with Gasteiger partial charge in [-0.05, 0) is 42.5 Å². The second-order valence-corrected chi connectivity index (χ2v) is 5.07. The van der Waals surface area contributed by atoms with E-state index in [1.807, 2.05) is 13.8 Å². The van der Waals surface area contributed by atoms with Crippen molar-refractivity contribution in [3.8, 4) is 5.75 Å². The molecule has 3 heteroatoms. The molecule has 1 aromatic carbocycles. The summed E-state index contributed by atoms with van der Waals surface area (Å²) in [6, 6.07) is 6.25. The molecule has 1 rings (SSSR count). The Morgan fingerprint density at radius 1 is 1.35 bits per heavy atom. The number of benzene rings is 1. The largest absolute Gasteiger partial charge is 0.489 e. The molecule has 0 saturated carbocycles. The first-order chi connectivity index (χ1) is 9.49. The van der Waals surface area contributed by atoms with Crippen LogP contribution in [0.4, 0.5) is 0 Å². The highest BCUT2D eigenvalue weighted by atomic mass is 16.5. The molecule has 0 aliphatic carbocycles. The van der Waals surface area contributed by atoms with Crippen LogP contribution in [0.2, 0.25) is 0 Å². The van der Waals surface area contributed by atoms with Crippen molar-refractivity contribution in [2.24, 2.45) is 0 Å². The van der Waals surface area contributed by atoms with E-state index in [2.05, 4.69) is 32.0 Å². The third-order valence-corrected chi connectivity index (χ3v) is 3.28. The van der Waals surface area contributed by atoms with E-state index in [0.717, 1.165) is 11.3 Å². The predicted molar refractivity (Wildman–Crippen MR) is 81.2 cm³/mol. The van der Waals surface area contributed by atoms with Crippen LogP contribution in [0.25, 0.3) is 0 Å². The number of rotatable bonds is 6. The van der Waals surface area contributed by atoms with Crippen LogP contribution in [0.1, 0.15) is 44.2 Å². The molecule has 0 aliphatic rings. The van der Waals surface area contributed by atoms with Gasteiger partial charge in [0.2, 0.25) is 0 Å². The smallest absolute Gasteiger partial charge is 0.333 e. The maximum atomic E-state index is 11.4. The molecule has 0 atom stereocenters. The van der Waals surface area contributed by atoms with Crippen LogP contribution < -0.4 is 4.74 Å². The molecule has 20 heavy (non-hydrogen) atoms. The standard InChI is InChI=1S/C17H24O3/c1-6-14(17(18)19-5)9-10-20-16-11-15(12(2)3)8-7-13(16)4/h7-9,11-12H,6,10H2,1-5H3. The first-order valence-electron chi connectivity index (χ1n) is 7.00. The molecule has 3 nitrogen and oxygen atoms in total. The van der Waals surface area contributed by atoms with Gasteiger partial charge in [0.25, 0.3) is 0 Å². The Morgan fingerprint density at radius 3 is 2.60 bits per heavy atom. The van der Waals surface area contributed by atoms with E-state index in [9.17, 15) is 4.79 Å². The summed E-state index contributed by atoms with van der Waals surface area (Å²) in [5.74, 6) is 1.05. The molecule has 0 amide bonds. The van der Waals surface area contributed by atoms with Crippen molar-refractivity contribution < 1.29 is 14.3 Å². The Morgan fingerprint density at radius 2 is 2.05 bits per heavy atom. The Hall–Kier alpha value is -1.77. The van der Waals surface area contributed by atoms with E-state index in [1.54, 1.807) is 6.08 Å². The Kier molecular flexibility index (Phi) is 6.29. The van der Waals surface area contributed by atoms with Gasteiger partial charge in [-0.1, -0.05) is 32.9 Å². The maximum absolute atomic E-state index is 11.4. The van der Waals surface area contributed by atoms with Gasteiger partial charge in [-0.2, -0.15) is 0 Å². The third-order valence-electron chi connectivity index (χ3n) is 3.28. The third kappa shape index (κ3) is 4.41. The topological polar surface area (TPSA) is 35.5 Å². The summed E-state index contributed by atoms with van der Waals surface area (Å²) in [6.07, 6.45) is 2.42.